The van der Waals surface area contributed by atoms with Crippen molar-refractivity contribution in [2.24, 2.45) is 0 Å². The molecule has 0 aliphatic carbocycles. The quantitative estimate of drug-likeness (QED) is 0.0215. The molecule has 1 fully saturated rings. The van der Waals surface area contributed by atoms with Crippen molar-refractivity contribution in [3.8, 4) is 0 Å². The lowest BCUT2D eigenvalue weighted by molar-refractivity contribution is -0.303. The second kappa shape index (κ2) is 54.4. The molecule has 0 aromatic heterocycles. The molecule has 0 aromatic carbocycles. The normalized spacial score (nSPS) is 19.6. The van der Waals surface area contributed by atoms with Gasteiger partial charge in [-0.2, -0.15) is 0 Å². The Balaban J connectivity index is 2.19. The number of aliphatic hydroxyl groups is 7. The highest BCUT2D eigenvalue weighted by Crippen LogP contribution is 2.24. The summed E-state index contributed by atoms with van der Waals surface area (Å²) in [7, 11) is 0. The Labute approximate surface area is 468 Å². The number of carbonyl (C=O) groups is 1. The van der Waals surface area contributed by atoms with Gasteiger partial charge in [-0.3, -0.25) is 4.79 Å². The summed E-state index contributed by atoms with van der Waals surface area (Å²) in [6.07, 6.45) is 54.3. The van der Waals surface area contributed by atoms with Crippen LogP contribution in [0.5, 0.6) is 0 Å². The molecule has 9 unspecified atom stereocenters. The fraction of sp³-hybridized carbons (Fsp3) is 0.954. The summed E-state index contributed by atoms with van der Waals surface area (Å²) in [6, 6.07) is -1.17. The van der Waals surface area contributed by atoms with Crippen molar-refractivity contribution in [3.63, 3.8) is 0 Å². The molecule has 1 amide bonds. The first-order valence-electron chi connectivity index (χ1n) is 33.1. The standard InChI is InChI=1S/C65H127NO10/c1-3-5-7-9-11-13-15-17-19-21-23-24-25-26-27-28-29-30-31-32-33-34-35-37-39-41-43-45-47-49-51-53-58(69)64(74)66-56(55-75-65-63(73)62(72)61(71)59(54-67)76-65)60(70)57(68)52-50-48-46-44-42-40-38-36-22-20-18-16-14-12-10-8-6-4-2/h26-27,56-63,65,67-73H,3-25,28-55H2,1-2H3,(H,66,74)/b27-26-. The number of aliphatic hydroxyl groups excluding tert-OH is 7. The van der Waals surface area contributed by atoms with Crippen molar-refractivity contribution >= 4 is 5.91 Å². The average Bonchev–Trinajstić information content (AvgIpc) is 3.42. The summed E-state index contributed by atoms with van der Waals surface area (Å²) in [5.74, 6) is -0.690. The van der Waals surface area contributed by atoms with E-state index in [-0.39, 0.29) is 6.42 Å². The number of ether oxygens (including phenoxy) is 2. The number of hydrogen-bond donors (Lipinski definition) is 8. The number of hydrogen-bond acceptors (Lipinski definition) is 10. The van der Waals surface area contributed by atoms with Crippen LogP contribution in [0.25, 0.3) is 0 Å². The Morgan fingerprint density at radius 2 is 0.763 bits per heavy atom. The summed E-state index contributed by atoms with van der Waals surface area (Å²) in [4.78, 5) is 13.2. The summed E-state index contributed by atoms with van der Waals surface area (Å²) in [5.41, 5.74) is 0. The van der Waals surface area contributed by atoms with Crippen molar-refractivity contribution in [1.82, 2.24) is 5.32 Å². The van der Waals surface area contributed by atoms with Gasteiger partial charge in [0.2, 0.25) is 5.91 Å². The van der Waals surface area contributed by atoms with Gasteiger partial charge in [-0.15, -0.1) is 0 Å². The Morgan fingerprint density at radius 3 is 1.11 bits per heavy atom. The third-order valence-electron chi connectivity index (χ3n) is 16.3. The van der Waals surface area contributed by atoms with E-state index in [9.17, 15) is 40.5 Å². The van der Waals surface area contributed by atoms with E-state index in [4.69, 9.17) is 9.47 Å². The minimum absolute atomic E-state index is 0.265. The van der Waals surface area contributed by atoms with Gasteiger partial charge in [0.25, 0.3) is 0 Å². The van der Waals surface area contributed by atoms with Crippen molar-refractivity contribution in [1.29, 1.82) is 0 Å². The molecule has 1 saturated heterocycles. The lowest BCUT2D eigenvalue weighted by Gasteiger charge is -2.40. The van der Waals surface area contributed by atoms with Crippen LogP contribution in [0, 0.1) is 0 Å². The molecule has 76 heavy (non-hydrogen) atoms. The van der Waals surface area contributed by atoms with Crippen LogP contribution in [-0.2, 0) is 14.3 Å². The van der Waals surface area contributed by atoms with Crippen molar-refractivity contribution in [2.75, 3.05) is 13.2 Å². The highest BCUT2D eigenvalue weighted by molar-refractivity contribution is 5.80. The van der Waals surface area contributed by atoms with Gasteiger partial charge >= 0.3 is 0 Å². The zero-order chi connectivity index (χ0) is 55.4. The van der Waals surface area contributed by atoms with Crippen LogP contribution in [0.15, 0.2) is 12.2 Å². The predicted molar refractivity (Wildman–Crippen MR) is 316 cm³/mol. The minimum Gasteiger partial charge on any atom is -0.394 e. The molecular formula is C65H127NO10. The molecule has 452 valence electrons. The molecule has 0 saturated carbocycles. The fourth-order valence-corrected chi connectivity index (χ4v) is 11.0. The fourth-order valence-electron chi connectivity index (χ4n) is 11.0. The molecule has 1 aliphatic heterocycles. The van der Waals surface area contributed by atoms with Crippen molar-refractivity contribution in [3.05, 3.63) is 12.2 Å². The maximum atomic E-state index is 13.2. The first kappa shape index (κ1) is 72.9. The van der Waals surface area contributed by atoms with Crippen molar-refractivity contribution < 1.29 is 50.0 Å². The topological polar surface area (TPSA) is 189 Å². The molecule has 8 N–H and O–H groups in total. The van der Waals surface area contributed by atoms with E-state index < -0.39 is 74.2 Å². The maximum absolute atomic E-state index is 13.2. The molecule has 0 aromatic rings. The first-order valence-corrected chi connectivity index (χ1v) is 33.1. The van der Waals surface area contributed by atoms with Crippen molar-refractivity contribution in [2.45, 2.75) is 384 Å². The van der Waals surface area contributed by atoms with Crippen LogP contribution in [-0.4, -0.2) is 110 Å². The van der Waals surface area contributed by atoms with E-state index in [1.165, 1.54) is 250 Å². The number of rotatable bonds is 58. The maximum Gasteiger partial charge on any atom is 0.249 e. The zero-order valence-corrected chi connectivity index (χ0v) is 49.8. The number of nitrogens with one attached hydrogen (secondary N) is 1. The average molecular weight is 1080 g/mol. The lowest BCUT2D eigenvalue weighted by atomic mass is 9.98. The van der Waals surface area contributed by atoms with Crippen LogP contribution in [0.4, 0.5) is 0 Å². The number of allylic oxidation sites excluding steroid dienone is 2. The highest BCUT2D eigenvalue weighted by Gasteiger charge is 2.44. The van der Waals surface area contributed by atoms with Crippen LogP contribution < -0.4 is 5.32 Å². The monoisotopic (exact) mass is 1080 g/mol. The Morgan fingerprint density at radius 1 is 0.447 bits per heavy atom. The molecule has 0 radical (unpaired) electrons. The van der Waals surface area contributed by atoms with Gasteiger partial charge in [0.15, 0.2) is 6.29 Å². The van der Waals surface area contributed by atoms with Crippen LogP contribution in [0.2, 0.25) is 0 Å². The Hall–Kier alpha value is -1.15. The van der Waals surface area contributed by atoms with Gasteiger partial charge < -0.3 is 50.5 Å². The Bertz CT molecular complexity index is 1240. The molecule has 11 heteroatoms. The van der Waals surface area contributed by atoms with E-state index in [0.717, 1.165) is 38.5 Å². The largest absolute Gasteiger partial charge is 0.394 e. The summed E-state index contributed by atoms with van der Waals surface area (Å²) >= 11 is 0. The molecule has 0 spiro atoms. The zero-order valence-electron chi connectivity index (χ0n) is 49.8. The second-order valence-electron chi connectivity index (χ2n) is 23.5. The van der Waals surface area contributed by atoms with Crippen LogP contribution in [0.3, 0.4) is 0 Å². The predicted octanol–water partition coefficient (Wildman–Crippen LogP) is 15.1. The molecule has 9 atom stereocenters. The third kappa shape index (κ3) is 41.8. The Kier molecular flexibility index (Phi) is 52.2. The van der Waals surface area contributed by atoms with Gasteiger partial charge in [0, 0.05) is 0 Å². The van der Waals surface area contributed by atoms with E-state index in [1.807, 2.05) is 0 Å². The van der Waals surface area contributed by atoms with Gasteiger partial charge in [-0.05, 0) is 38.5 Å². The van der Waals surface area contributed by atoms with E-state index in [0.29, 0.717) is 19.3 Å². The second-order valence-corrected chi connectivity index (χ2v) is 23.5. The molecule has 1 heterocycles. The number of amides is 1. The van der Waals surface area contributed by atoms with Crippen LogP contribution >= 0.6 is 0 Å². The number of carbonyl (C=O) groups excluding carboxylic acids is 1. The highest BCUT2D eigenvalue weighted by atomic mass is 16.7. The summed E-state index contributed by atoms with van der Waals surface area (Å²) < 4.78 is 11.2. The van der Waals surface area contributed by atoms with Gasteiger partial charge in [0.1, 0.15) is 36.6 Å². The summed E-state index contributed by atoms with van der Waals surface area (Å²) in [5, 5.41) is 76.4. The summed E-state index contributed by atoms with van der Waals surface area (Å²) in [6.45, 7) is 3.51. The lowest BCUT2D eigenvalue weighted by Crippen LogP contribution is -2.60. The smallest absolute Gasteiger partial charge is 0.249 e. The molecule has 1 aliphatic rings. The SMILES string of the molecule is CCCCCCCCCCCCCC/C=C\CCCCCCCCCCCCCCCCCC(O)C(=O)NC(COC1OC(CO)C(O)C(O)C1O)C(O)C(O)CCCCCCCCCCCCCCCCCCCC. The van der Waals surface area contributed by atoms with Gasteiger partial charge in [-0.25, -0.2) is 0 Å². The third-order valence-corrected chi connectivity index (χ3v) is 16.3. The molecular weight excluding hydrogens is 955 g/mol. The molecule has 11 nitrogen and oxygen atoms in total. The van der Waals surface area contributed by atoms with E-state index in [1.54, 1.807) is 0 Å². The van der Waals surface area contributed by atoms with E-state index in [2.05, 4.69) is 31.3 Å². The minimum atomic E-state index is -1.66. The van der Waals surface area contributed by atoms with E-state index >= 15 is 0 Å². The van der Waals surface area contributed by atoms with Crippen LogP contribution in [0.1, 0.15) is 328 Å². The number of unbranched alkanes of at least 4 members (excludes halogenated alkanes) is 44. The molecule has 1 rings (SSSR count). The molecule has 0 bridgehead atoms. The van der Waals surface area contributed by atoms with Gasteiger partial charge in [-0.1, -0.05) is 302 Å². The van der Waals surface area contributed by atoms with Gasteiger partial charge in [0.05, 0.1) is 25.4 Å². The first-order chi connectivity index (χ1) is 37.2.